The van der Waals surface area contributed by atoms with Crippen LogP contribution in [0, 0.1) is 0 Å². The molecule has 146 valence electrons. The van der Waals surface area contributed by atoms with Crippen molar-refractivity contribution in [1.29, 1.82) is 0 Å². The van der Waals surface area contributed by atoms with E-state index in [0.29, 0.717) is 13.1 Å². The second-order valence-electron chi connectivity index (χ2n) is 7.04. The molecule has 0 spiro atoms. The summed E-state index contributed by atoms with van der Waals surface area (Å²) in [6.45, 7) is 3.45. The van der Waals surface area contributed by atoms with Gasteiger partial charge in [-0.3, -0.25) is 9.20 Å². The summed E-state index contributed by atoms with van der Waals surface area (Å²) in [6, 6.07) is 16.0. The van der Waals surface area contributed by atoms with Crippen LogP contribution < -0.4 is 10.2 Å². The van der Waals surface area contributed by atoms with Crippen molar-refractivity contribution in [3.05, 3.63) is 76.4 Å². The molecular weight excluding hydrogens is 404 g/mol. The summed E-state index contributed by atoms with van der Waals surface area (Å²) >= 11 is 7.97. The number of carbonyl (C=O) groups excluding carboxylic acids is 1. The quantitative estimate of drug-likeness (QED) is 0.504. The molecule has 1 unspecified atom stereocenters. The highest BCUT2D eigenvalue weighted by atomic mass is 35.5. The van der Waals surface area contributed by atoms with Crippen LogP contribution in [0.3, 0.4) is 0 Å². The van der Waals surface area contributed by atoms with Crippen LogP contribution in [0.5, 0.6) is 0 Å². The van der Waals surface area contributed by atoms with E-state index < -0.39 is 0 Å². The summed E-state index contributed by atoms with van der Waals surface area (Å²) in [5.41, 5.74) is 3.86. The van der Waals surface area contributed by atoms with Gasteiger partial charge in [-0.05, 0) is 36.8 Å². The first kappa shape index (κ1) is 18.2. The van der Waals surface area contributed by atoms with Crippen molar-refractivity contribution in [2.75, 3.05) is 18.0 Å². The molecule has 1 amide bonds. The van der Waals surface area contributed by atoms with Gasteiger partial charge >= 0.3 is 0 Å². The average Bonchev–Trinajstić information content (AvgIpc) is 3.32. The molecule has 1 aliphatic rings. The first-order chi connectivity index (χ1) is 14.1. The number of nitrogens with one attached hydrogen (secondary N) is 1. The predicted octanol–water partition coefficient (Wildman–Crippen LogP) is 5.03. The third kappa shape index (κ3) is 3.09. The van der Waals surface area contributed by atoms with Gasteiger partial charge in [0.2, 0.25) is 0 Å². The van der Waals surface area contributed by atoms with Crippen molar-refractivity contribution < 1.29 is 4.79 Å². The van der Waals surface area contributed by atoms with Crippen LogP contribution in [0.4, 0.5) is 5.69 Å². The maximum absolute atomic E-state index is 12.7. The van der Waals surface area contributed by atoms with Crippen LogP contribution in [-0.2, 0) is 0 Å². The van der Waals surface area contributed by atoms with Crippen LogP contribution in [0.15, 0.2) is 60.9 Å². The molecule has 5 nitrogen and oxygen atoms in total. The Labute approximate surface area is 177 Å². The zero-order valence-corrected chi connectivity index (χ0v) is 17.4. The summed E-state index contributed by atoms with van der Waals surface area (Å²) < 4.78 is 2.05. The molecule has 0 saturated carbocycles. The molecule has 1 aromatic carbocycles. The van der Waals surface area contributed by atoms with Crippen molar-refractivity contribution in [2.45, 2.75) is 13.0 Å². The van der Waals surface area contributed by atoms with Gasteiger partial charge in [0.1, 0.15) is 10.5 Å². The second-order valence-corrected chi connectivity index (χ2v) is 8.50. The Hall–Kier alpha value is -2.83. The van der Waals surface area contributed by atoms with E-state index in [0.717, 1.165) is 37.4 Å². The van der Waals surface area contributed by atoms with Crippen LogP contribution >= 0.6 is 22.9 Å². The zero-order valence-electron chi connectivity index (χ0n) is 15.8. The molecule has 1 atom stereocenters. The Balaban J connectivity index is 1.62. The van der Waals surface area contributed by atoms with Crippen molar-refractivity contribution in [3.63, 3.8) is 0 Å². The average molecular weight is 423 g/mol. The van der Waals surface area contributed by atoms with Crippen LogP contribution in [0.25, 0.3) is 16.2 Å². The standard InChI is InChI=1S/C22H19ClN4OS/c1-14(15-6-2-3-7-16(15)23)26-11-9-24-22(28)21-17(26)12-19(29-21)18-13-25-20-8-4-5-10-27(18)20/h2-8,10,12-14H,9,11H2,1H3,(H,24,28). The fraction of sp³-hybridized carbons (Fsp3) is 0.182. The maximum atomic E-state index is 12.7. The summed E-state index contributed by atoms with van der Waals surface area (Å²) in [5.74, 6) is -0.0288. The number of carbonyl (C=O) groups is 1. The topological polar surface area (TPSA) is 49.6 Å². The monoisotopic (exact) mass is 422 g/mol. The van der Waals surface area contributed by atoms with Gasteiger partial charge in [-0.25, -0.2) is 4.98 Å². The highest BCUT2D eigenvalue weighted by molar-refractivity contribution is 7.18. The molecule has 1 aliphatic heterocycles. The number of halogens is 1. The second kappa shape index (κ2) is 7.21. The Bertz CT molecular complexity index is 1210. The molecule has 3 aromatic heterocycles. The van der Waals surface area contributed by atoms with E-state index in [1.165, 1.54) is 11.3 Å². The van der Waals surface area contributed by atoms with E-state index in [4.69, 9.17) is 11.6 Å². The molecule has 29 heavy (non-hydrogen) atoms. The Morgan fingerprint density at radius 1 is 1.21 bits per heavy atom. The summed E-state index contributed by atoms with van der Waals surface area (Å²) in [7, 11) is 0. The lowest BCUT2D eigenvalue weighted by Gasteiger charge is -2.30. The third-order valence-electron chi connectivity index (χ3n) is 5.36. The number of hydrogen-bond acceptors (Lipinski definition) is 4. The fourth-order valence-corrected chi connectivity index (χ4v) is 5.26. The van der Waals surface area contributed by atoms with E-state index in [-0.39, 0.29) is 11.9 Å². The van der Waals surface area contributed by atoms with Crippen LogP contribution in [-0.4, -0.2) is 28.4 Å². The van der Waals surface area contributed by atoms with Gasteiger partial charge in [-0.2, -0.15) is 0 Å². The predicted molar refractivity (Wildman–Crippen MR) is 118 cm³/mol. The van der Waals surface area contributed by atoms with Gasteiger partial charge in [-0.15, -0.1) is 11.3 Å². The molecule has 0 fully saturated rings. The maximum Gasteiger partial charge on any atom is 0.263 e. The Morgan fingerprint density at radius 3 is 2.90 bits per heavy atom. The first-order valence-corrected chi connectivity index (χ1v) is 10.7. The number of amides is 1. The number of anilines is 1. The van der Waals surface area contributed by atoms with Crippen molar-refractivity contribution in [2.24, 2.45) is 0 Å². The van der Waals surface area contributed by atoms with Gasteiger partial charge < -0.3 is 10.2 Å². The first-order valence-electron chi connectivity index (χ1n) is 9.49. The third-order valence-corrected chi connectivity index (χ3v) is 6.85. The van der Waals surface area contributed by atoms with E-state index in [1.54, 1.807) is 0 Å². The molecule has 0 radical (unpaired) electrons. The normalized spacial score (nSPS) is 15.1. The van der Waals surface area contributed by atoms with E-state index >= 15 is 0 Å². The highest BCUT2D eigenvalue weighted by Gasteiger charge is 2.29. The number of nitrogens with zero attached hydrogens (tertiary/aromatic N) is 3. The number of hydrogen-bond donors (Lipinski definition) is 1. The number of pyridine rings is 1. The molecule has 0 bridgehead atoms. The largest absolute Gasteiger partial charge is 0.362 e. The van der Waals surface area contributed by atoms with E-state index in [2.05, 4.69) is 28.2 Å². The lowest BCUT2D eigenvalue weighted by molar-refractivity contribution is 0.0962. The summed E-state index contributed by atoms with van der Waals surface area (Å²) in [4.78, 5) is 21.2. The van der Waals surface area contributed by atoms with E-state index in [9.17, 15) is 4.79 Å². The molecule has 0 aliphatic carbocycles. The van der Waals surface area contributed by atoms with Crippen LogP contribution in [0.2, 0.25) is 5.02 Å². The van der Waals surface area contributed by atoms with Gasteiger partial charge in [0.25, 0.3) is 5.91 Å². The fourth-order valence-electron chi connectivity index (χ4n) is 3.87. The number of aromatic nitrogens is 2. The lowest BCUT2D eigenvalue weighted by atomic mass is 10.1. The van der Waals surface area contributed by atoms with Crippen molar-refractivity contribution in [1.82, 2.24) is 14.7 Å². The van der Waals surface area contributed by atoms with Gasteiger partial charge in [0.05, 0.1) is 28.5 Å². The molecule has 0 saturated heterocycles. The summed E-state index contributed by atoms with van der Waals surface area (Å²) in [6.07, 6.45) is 3.85. The summed E-state index contributed by atoms with van der Waals surface area (Å²) in [5, 5.41) is 3.76. The van der Waals surface area contributed by atoms with Crippen LogP contribution in [0.1, 0.15) is 28.2 Å². The smallest absolute Gasteiger partial charge is 0.263 e. The van der Waals surface area contributed by atoms with Gasteiger partial charge in [0, 0.05) is 24.3 Å². The number of fused-ring (bicyclic) bond motifs is 2. The SMILES string of the molecule is CC(c1ccccc1Cl)N1CCNC(=O)c2sc(-c3cnc4ccccn34)cc21. The number of rotatable bonds is 3. The molecule has 7 heteroatoms. The molecular formula is C22H19ClN4OS. The highest BCUT2D eigenvalue weighted by Crippen LogP contribution is 2.41. The molecule has 5 rings (SSSR count). The number of thiophene rings is 1. The van der Waals surface area contributed by atoms with Crippen molar-refractivity contribution >= 4 is 40.2 Å². The van der Waals surface area contributed by atoms with E-state index in [1.807, 2.05) is 59.3 Å². The van der Waals surface area contributed by atoms with Gasteiger partial charge in [0.15, 0.2) is 0 Å². The zero-order chi connectivity index (χ0) is 20.0. The van der Waals surface area contributed by atoms with Gasteiger partial charge in [-0.1, -0.05) is 35.9 Å². The number of benzene rings is 1. The molecule has 1 N–H and O–H groups in total. The molecule has 4 aromatic rings. The Kier molecular flexibility index (Phi) is 4.53. The lowest BCUT2D eigenvalue weighted by Crippen LogP contribution is -2.32. The number of imidazole rings is 1. The minimum atomic E-state index is -0.0288. The molecule has 4 heterocycles. The Morgan fingerprint density at radius 2 is 2.03 bits per heavy atom. The minimum absolute atomic E-state index is 0.0288. The van der Waals surface area contributed by atoms with Crippen molar-refractivity contribution in [3.8, 4) is 10.6 Å². The minimum Gasteiger partial charge on any atom is -0.362 e.